The van der Waals surface area contributed by atoms with Crippen molar-refractivity contribution in [3.63, 3.8) is 0 Å². The molecule has 0 unspecified atom stereocenters. The topological polar surface area (TPSA) is 70.2 Å². The second kappa shape index (κ2) is 37.5. The second-order valence-corrected chi connectivity index (χ2v) is 11.7. The Hall–Kier alpha value is -2.66. The Kier molecular flexibility index (Phi) is 35.3. The van der Waals surface area contributed by atoms with Crippen molar-refractivity contribution in [2.75, 3.05) is 26.2 Å². The average molecular weight is 624 g/mol. The molecule has 0 bridgehead atoms. The van der Waals surface area contributed by atoms with Gasteiger partial charge in [0.2, 0.25) is 11.8 Å². The van der Waals surface area contributed by atoms with Crippen LogP contribution in [0.4, 0.5) is 0 Å². The second-order valence-electron chi connectivity index (χ2n) is 11.7. The van der Waals surface area contributed by atoms with E-state index in [9.17, 15) is 9.59 Å². The highest BCUT2D eigenvalue weighted by molar-refractivity contribution is 5.76. The van der Waals surface area contributed by atoms with Gasteiger partial charge in [-0.3, -0.25) is 9.59 Å². The summed E-state index contributed by atoms with van der Waals surface area (Å²) in [5.41, 5.74) is 0. The molecule has 5 nitrogen and oxygen atoms in total. The highest BCUT2D eigenvalue weighted by atomic mass is 16.2. The molecule has 0 rings (SSSR count). The van der Waals surface area contributed by atoms with Gasteiger partial charge in [0.05, 0.1) is 0 Å². The highest BCUT2D eigenvalue weighted by Crippen LogP contribution is 2.09. The summed E-state index contributed by atoms with van der Waals surface area (Å²) in [4.78, 5) is 24.0. The van der Waals surface area contributed by atoms with E-state index < -0.39 is 0 Å². The largest absolute Gasteiger partial charge is 0.355 e. The number of hydrogen-bond donors (Lipinski definition) is 3. The van der Waals surface area contributed by atoms with Crippen LogP contribution in [-0.4, -0.2) is 38.0 Å². The summed E-state index contributed by atoms with van der Waals surface area (Å²) >= 11 is 0. The fourth-order valence-electron chi connectivity index (χ4n) is 4.69. The van der Waals surface area contributed by atoms with Gasteiger partial charge in [-0.25, -0.2) is 0 Å². The Labute approximate surface area is 278 Å². The lowest BCUT2D eigenvalue weighted by Crippen LogP contribution is -2.36. The molecule has 0 radical (unpaired) electrons. The van der Waals surface area contributed by atoms with Crippen molar-refractivity contribution < 1.29 is 9.59 Å². The number of unbranched alkanes of at least 4 members (excludes halogenated alkanes) is 10. The summed E-state index contributed by atoms with van der Waals surface area (Å²) in [6.45, 7) is 7.03. The zero-order chi connectivity index (χ0) is 32.7. The molecule has 0 heterocycles. The summed E-state index contributed by atoms with van der Waals surface area (Å²) in [5, 5.41) is 9.26. The van der Waals surface area contributed by atoms with Crippen molar-refractivity contribution in [1.29, 1.82) is 0 Å². The molecule has 0 aliphatic heterocycles. The Balaban J connectivity index is 3.39. The van der Waals surface area contributed by atoms with Crippen LogP contribution in [0.2, 0.25) is 0 Å². The smallest absolute Gasteiger partial charge is 0.220 e. The molecule has 45 heavy (non-hydrogen) atoms. The van der Waals surface area contributed by atoms with E-state index in [4.69, 9.17) is 0 Å². The SMILES string of the molecule is CC/C=C/C/C=C/C/C=C/CCCCCCCC(=O)NCCNCCNC(=O)CCCCCCC/C=C/C/C=C/C/C=C/CC. The number of amides is 2. The van der Waals surface area contributed by atoms with Gasteiger partial charge in [-0.15, -0.1) is 0 Å². The van der Waals surface area contributed by atoms with E-state index in [1.165, 1.54) is 38.5 Å². The van der Waals surface area contributed by atoms with Gasteiger partial charge in [-0.05, 0) is 77.0 Å². The molecule has 0 aromatic carbocycles. The van der Waals surface area contributed by atoms with Crippen molar-refractivity contribution in [3.05, 3.63) is 72.9 Å². The Morgan fingerprint density at radius 1 is 0.400 bits per heavy atom. The molecule has 0 aliphatic rings. The van der Waals surface area contributed by atoms with E-state index in [-0.39, 0.29) is 11.8 Å². The molecule has 0 fully saturated rings. The normalized spacial score (nSPS) is 12.3. The minimum Gasteiger partial charge on any atom is -0.355 e. The van der Waals surface area contributed by atoms with Crippen molar-refractivity contribution >= 4 is 11.8 Å². The minimum absolute atomic E-state index is 0.140. The minimum atomic E-state index is 0.140. The van der Waals surface area contributed by atoms with Crippen LogP contribution >= 0.6 is 0 Å². The third-order valence-electron chi connectivity index (χ3n) is 7.36. The standard InChI is InChI=1S/C40H69N3O2/c1-3-5-7-9-11-13-15-17-19-21-23-25-27-29-31-33-39(44)42-37-35-41-36-38-43-40(45)34-32-30-28-26-24-22-20-18-16-14-12-10-8-6-4-2/h5-8,11-14,17-20,41H,3-4,9-10,15-16,21-38H2,1-2H3,(H,42,44)(H,43,45)/b7-5+,8-6+,13-11+,14-12+,19-17+,20-18+. The maximum absolute atomic E-state index is 12.0. The van der Waals surface area contributed by atoms with Crippen molar-refractivity contribution in [2.24, 2.45) is 0 Å². The summed E-state index contributed by atoms with van der Waals surface area (Å²) in [5.74, 6) is 0.281. The van der Waals surface area contributed by atoms with Gasteiger partial charge >= 0.3 is 0 Å². The van der Waals surface area contributed by atoms with Crippen LogP contribution in [0.3, 0.4) is 0 Å². The molecule has 0 atom stereocenters. The quantitative estimate of drug-likeness (QED) is 0.0516. The molecule has 2 amide bonds. The van der Waals surface area contributed by atoms with Crippen LogP contribution in [0.15, 0.2) is 72.9 Å². The first-order valence-electron chi connectivity index (χ1n) is 18.3. The number of nitrogens with one attached hydrogen (secondary N) is 3. The van der Waals surface area contributed by atoms with Gasteiger partial charge in [0.25, 0.3) is 0 Å². The van der Waals surface area contributed by atoms with E-state index >= 15 is 0 Å². The fourth-order valence-corrected chi connectivity index (χ4v) is 4.69. The number of hydrogen-bond acceptors (Lipinski definition) is 3. The molecule has 0 aromatic heterocycles. The molecule has 0 aromatic rings. The Bertz CT molecular complexity index is 770. The lowest BCUT2D eigenvalue weighted by atomic mass is 10.1. The number of allylic oxidation sites excluding steroid dienone is 12. The number of carbonyl (C=O) groups is 2. The zero-order valence-electron chi connectivity index (χ0n) is 29.2. The third-order valence-corrected chi connectivity index (χ3v) is 7.36. The lowest BCUT2D eigenvalue weighted by Gasteiger charge is -2.08. The van der Waals surface area contributed by atoms with Crippen LogP contribution < -0.4 is 16.0 Å². The van der Waals surface area contributed by atoms with Crippen LogP contribution in [-0.2, 0) is 9.59 Å². The molecular formula is C40H69N3O2. The summed E-state index contributed by atoms with van der Waals surface area (Å²) in [6.07, 6.45) is 48.2. The van der Waals surface area contributed by atoms with Crippen LogP contribution in [0.25, 0.3) is 0 Å². The first kappa shape index (κ1) is 42.3. The summed E-state index contributed by atoms with van der Waals surface area (Å²) < 4.78 is 0. The molecule has 5 heteroatoms. The molecule has 0 spiro atoms. The third kappa shape index (κ3) is 37.4. The van der Waals surface area contributed by atoms with Gasteiger partial charge in [-0.1, -0.05) is 125 Å². The van der Waals surface area contributed by atoms with Gasteiger partial charge in [0.15, 0.2) is 0 Å². The van der Waals surface area contributed by atoms with Crippen molar-refractivity contribution in [1.82, 2.24) is 16.0 Å². The van der Waals surface area contributed by atoms with E-state index in [0.717, 1.165) is 90.1 Å². The first-order valence-corrected chi connectivity index (χ1v) is 18.3. The molecule has 3 N–H and O–H groups in total. The van der Waals surface area contributed by atoms with Gasteiger partial charge in [0, 0.05) is 39.0 Å². The lowest BCUT2D eigenvalue weighted by molar-refractivity contribution is -0.121. The monoisotopic (exact) mass is 624 g/mol. The van der Waals surface area contributed by atoms with E-state index in [2.05, 4.69) is 103 Å². The molecular weight excluding hydrogens is 554 g/mol. The number of carbonyl (C=O) groups excluding carboxylic acids is 2. The zero-order valence-corrected chi connectivity index (χ0v) is 29.2. The predicted molar refractivity (Wildman–Crippen MR) is 197 cm³/mol. The van der Waals surface area contributed by atoms with E-state index in [1.54, 1.807) is 0 Å². The van der Waals surface area contributed by atoms with Gasteiger partial charge in [-0.2, -0.15) is 0 Å². The molecule has 0 saturated carbocycles. The Morgan fingerprint density at radius 2 is 0.733 bits per heavy atom. The van der Waals surface area contributed by atoms with E-state index in [0.29, 0.717) is 25.9 Å². The number of rotatable bonds is 32. The first-order chi connectivity index (χ1) is 22.2. The van der Waals surface area contributed by atoms with Crippen molar-refractivity contribution in [3.8, 4) is 0 Å². The molecule has 256 valence electrons. The van der Waals surface area contributed by atoms with Gasteiger partial charge in [0.1, 0.15) is 0 Å². The summed E-state index contributed by atoms with van der Waals surface area (Å²) in [7, 11) is 0. The van der Waals surface area contributed by atoms with Crippen LogP contribution in [0.1, 0.15) is 142 Å². The highest BCUT2D eigenvalue weighted by Gasteiger charge is 2.02. The summed E-state index contributed by atoms with van der Waals surface area (Å²) in [6, 6.07) is 0. The average Bonchev–Trinajstić information content (AvgIpc) is 3.04. The van der Waals surface area contributed by atoms with Crippen LogP contribution in [0, 0.1) is 0 Å². The fraction of sp³-hybridized carbons (Fsp3) is 0.650. The van der Waals surface area contributed by atoms with Gasteiger partial charge < -0.3 is 16.0 Å². The molecule has 0 saturated heterocycles. The predicted octanol–water partition coefficient (Wildman–Crippen LogP) is 9.99. The maximum Gasteiger partial charge on any atom is 0.220 e. The van der Waals surface area contributed by atoms with E-state index in [1.807, 2.05) is 0 Å². The maximum atomic E-state index is 12.0. The van der Waals surface area contributed by atoms with Crippen molar-refractivity contribution in [2.45, 2.75) is 142 Å². The Morgan fingerprint density at radius 3 is 1.13 bits per heavy atom. The molecule has 0 aliphatic carbocycles. The van der Waals surface area contributed by atoms with Crippen LogP contribution in [0.5, 0.6) is 0 Å².